The van der Waals surface area contributed by atoms with Crippen LogP contribution >= 0.6 is 49.4 Å². The molecule has 0 radical (unpaired) electrons. The van der Waals surface area contributed by atoms with E-state index in [4.69, 9.17) is 5.11 Å². The van der Waals surface area contributed by atoms with Crippen LogP contribution in [-0.4, -0.2) is 20.3 Å². The van der Waals surface area contributed by atoms with Gasteiger partial charge in [-0.2, -0.15) is 5.10 Å². The molecule has 8 heteroatoms. The van der Waals surface area contributed by atoms with Crippen LogP contribution in [0.2, 0.25) is 0 Å². The van der Waals surface area contributed by atoms with Crippen LogP contribution in [-0.2, 0) is 0 Å². The average molecular weight is 290 g/mol. The molecule has 0 atom stereocenters. The number of thiophene rings is 1. The third-order valence-electron chi connectivity index (χ3n) is 1.91. The van der Waals surface area contributed by atoms with Gasteiger partial charge in [-0.1, -0.05) is 0 Å². The van der Waals surface area contributed by atoms with E-state index in [1.165, 1.54) is 10.3 Å². The molecule has 0 unspecified atom stereocenters. The molecule has 2 aromatic rings. The van der Waals surface area contributed by atoms with Crippen molar-refractivity contribution in [3.8, 4) is 11.3 Å². The number of carbonyl (C=O) groups is 1. The molecule has 16 heavy (non-hydrogen) atoms. The van der Waals surface area contributed by atoms with E-state index in [1.54, 1.807) is 6.07 Å². The predicted octanol–water partition coefficient (Wildman–Crippen LogP) is 2.58. The van der Waals surface area contributed by atoms with Gasteiger partial charge in [0.25, 0.3) is 0 Å². The van der Waals surface area contributed by atoms with Crippen molar-refractivity contribution in [2.45, 2.75) is 9.10 Å². The predicted molar refractivity (Wildman–Crippen MR) is 71.4 cm³/mol. The third-order valence-corrected chi connectivity index (χ3v) is 3.98. The van der Waals surface area contributed by atoms with E-state index in [0.29, 0.717) is 20.4 Å². The first-order valence-corrected chi connectivity index (χ1v) is 6.14. The van der Waals surface area contributed by atoms with Crippen LogP contribution in [0.15, 0.2) is 21.4 Å². The quantitative estimate of drug-likeness (QED) is 0.643. The van der Waals surface area contributed by atoms with Crippen molar-refractivity contribution < 1.29 is 9.90 Å². The Balaban J connectivity index is 2.61. The first kappa shape index (κ1) is 11.9. The number of thiol groups is 3. The molecule has 0 aliphatic rings. The number of rotatable bonds is 2. The number of carboxylic acids is 1. The topological polar surface area (TPSA) is 55.1 Å². The second kappa shape index (κ2) is 4.36. The Morgan fingerprint density at radius 3 is 2.62 bits per heavy atom. The molecule has 4 nitrogen and oxygen atoms in total. The molecule has 0 aliphatic heterocycles. The van der Waals surface area contributed by atoms with E-state index in [2.05, 4.69) is 43.2 Å². The Bertz CT molecular complexity index is 541. The first-order valence-electron chi connectivity index (χ1n) is 4.03. The van der Waals surface area contributed by atoms with Crippen molar-refractivity contribution in [1.82, 2.24) is 9.19 Å². The Kier molecular flexibility index (Phi) is 3.24. The molecule has 0 aromatic carbocycles. The van der Waals surface area contributed by atoms with Crippen molar-refractivity contribution in [3.63, 3.8) is 0 Å². The summed E-state index contributed by atoms with van der Waals surface area (Å²) in [5.74, 6) is -0.975. The van der Waals surface area contributed by atoms with Gasteiger partial charge in [0.15, 0.2) is 0 Å². The number of aromatic nitrogens is 2. The highest BCUT2D eigenvalue weighted by Crippen LogP contribution is 2.37. The molecule has 84 valence electrons. The van der Waals surface area contributed by atoms with Gasteiger partial charge in [-0.15, -0.1) is 36.6 Å². The van der Waals surface area contributed by atoms with Crippen molar-refractivity contribution in [2.24, 2.45) is 0 Å². The monoisotopic (exact) mass is 290 g/mol. The lowest BCUT2D eigenvalue weighted by Crippen LogP contribution is -1.91. The summed E-state index contributed by atoms with van der Waals surface area (Å²) in [7, 11) is 0. The number of aromatic carboxylic acids is 1. The zero-order chi connectivity index (χ0) is 11.9. The van der Waals surface area contributed by atoms with E-state index in [1.807, 2.05) is 0 Å². The molecule has 2 aromatic heterocycles. The Labute approximate surface area is 112 Å². The van der Waals surface area contributed by atoms with Crippen LogP contribution in [0.1, 0.15) is 9.67 Å². The summed E-state index contributed by atoms with van der Waals surface area (Å²) in [5, 5.41) is 12.8. The molecule has 2 heterocycles. The zero-order valence-corrected chi connectivity index (χ0v) is 11.2. The lowest BCUT2D eigenvalue weighted by Gasteiger charge is -1.99. The largest absolute Gasteiger partial charge is 0.477 e. The summed E-state index contributed by atoms with van der Waals surface area (Å²) in [4.78, 5) is 11.7. The number of hydrogen-bond donors (Lipinski definition) is 4. The highest BCUT2D eigenvalue weighted by molar-refractivity contribution is 7.83. The highest BCUT2D eigenvalue weighted by atomic mass is 32.2. The van der Waals surface area contributed by atoms with Crippen molar-refractivity contribution in [1.29, 1.82) is 0 Å². The molecule has 0 fully saturated rings. The van der Waals surface area contributed by atoms with E-state index >= 15 is 0 Å². The second-order valence-corrected chi connectivity index (χ2v) is 5.57. The Morgan fingerprint density at radius 1 is 1.50 bits per heavy atom. The van der Waals surface area contributed by atoms with Crippen molar-refractivity contribution in [3.05, 3.63) is 17.1 Å². The lowest BCUT2D eigenvalue weighted by molar-refractivity contribution is 0.0702. The fourth-order valence-corrected chi connectivity index (χ4v) is 3.05. The van der Waals surface area contributed by atoms with E-state index in [-0.39, 0.29) is 4.88 Å². The molecule has 0 spiro atoms. The minimum absolute atomic E-state index is 0.224. The summed E-state index contributed by atoms with van der Waals surface area (Å²) in [6.07, 6.45) is 1.54. The molecular formula is C8H6N2O2S4. The maximum atomic E-state index is 10.8. The summed E-state index contributed by atoms with van der Waals surface area (Å²) in [5.41, 5.74) is 1.31. The number of hydrogen-bond acceptors (Lipinski definition) is 6. The maximum Gasteiger partial charge on any atom is 0.345 e. The van der Waals surface area contributed by atoms with E-state index in [0.717, 1.165) is 11.3 Å². The minimum atomic E-state index is -0.975. The summed E-state index contributed by atoms with van der Waals surface area (Å²) < 4.78 is 1.94. The van der Waals surface area contributed by atoms with Crippen LogP contribution in [0.25, 0.3) is 11.3 Å². The lowest BCUT2D eigenvalue weighted by atomic mass is 10.2. The van der Waals surface area contributed by atoms with Gasteiger partial charge < -0.3 is 5.11 Å². The SMILES string of the molecule is O=C(O)c1cc(-c2c(S)cnn2S)c(S)s1. The van der Waals surface area contributed by atoms with Gasteiger partial charge in [0.2, 0.25) is 0 Å². The molecule has 0 amide bonds. The van der Waals surface area contributed by atoms with E-state index < -0.39 is 5.97 Å². The van der Waals surface area contributed by atoms with Gasteiger partial charge in [0, 0.05) is 5.56 Å². The molecule has 0 saturated carbocycles. The molecule has 0 bridgehead atoms. The van der Waals surface area contributed by atoms with Crippen LogP contribution in [0.4, 0.5) is 0 Å². The Hall–Kier alpha value is -0.570. The van der Waals surface area contributed by atoms with Gasteiger partial charge in [-0.05, 0) is 18.9 Å². The summed E-state index contributed by atoms with van der Waals surface area (Å²) >= 11 is 13.7. The summed E-state index contributed by atoms with van der Waals surface area (Å²) in [6.45, 7) is 0. The van der Waals surface area contributed by atoms with Crippen molar-refractivity contribution in [2.75, 3.05) is 0 Å². The average Bonchev–Trinajstić information content (AvgIpc) is 2.71. The standard InChI is InChI=1S/C8H6N2O2S4/c11-7(12)5-1-3(8(14)16-5)6-4(13)2-9-10(6)15/h1-2,13-15H,(H,11,12). The van der Waals surface area contributed by atoms with Crippen LogP contribution < -0.4 is 0 Å². The minimum Gasteiger partial charge on any atom is -0.477 e. The number of carboxylic acid groups (broad SMARTS) is 1. The molecular weight excluding hydrogens is 284 g/mol. The van der Waals surface area contributed by atoms with Gasteiger partial charge in [0.05, 0.1) is 21.0 Å². The maximum absolute atomic E-state index is 10.8. The first-order chi connectivity index (χ1) is 7.50. The van der Waals surface area contributed by atoms with Gasteiger partial charge >= 0.3 is 5.97 Å². The molecule has 2 rings (SSSR count). The highest BCUT2D eigenvalue weighted by Gasteiger charge is 2.17. The van der Waals surface area contributed by atoms with Crippen LogP contribution in [0.3, 0.4) is 0 Å². The van der Waals surface area contributed by atoms with Gasteiger partial charge in [-0.25, -0.2) is 8.88 Å². The summed E-state index contributed by atoms with van der Waals surface area (Å²) in [6, 6.07) is 1.54. The Morgan fingerprint density at radius 2 is 2.19 bits per heavy atom. The molecule has 0 aliphatic carbocycles. The molecule has 0 saturated heterocycles. The van der Waals surface area contributed by atoms with Gasteiger partial charge in [0.1, 0.15) is 4.88 Å². The fourth-order valence-electron chi connectivity index (χ4n) is 1.23. The van der Waals surface area contributed by atoms with Gasteiger partial charge in [-0.3, -0.25) is 0 Å². The van der Waals surface area contributed by atoms with Crippen LogP contribution in [0, 0.1) is 0 Å². The van der Waals surface area contributed by atoms with E-state index in [9.17, 15) is 4.79 Å². The zero-order valence-electron chi connectivity index (χ0n) is 7.65. The number of nitrogens with zero attached hydrogens (tertiary/aromatic N) is 2. The second-order valence-electron chi connectivity index (χ2n) is 2.90. The normalized spacial score (nSPS) is 10.7. The fraction of sp³-hybridized carbons (Fsp3) is 0. The smallest absolute Gasteiger partial charge is 0.345 e. The van der Waals surface area contributed by atoms with Crippen LogP contribution in [0.5, 0.6) is 0 Å². The molecule has 1 N–H and O–H groups in total. The third kappa shape index (κ3) is 1.97. The van der Waals surface area contributed by atoms with Crippen molar-refractivity contribution >= 4 is 55.4 Å².